The van der Waals surface area contributed by atoms with Crippen LogP contribution < -0.4 is 4.90 Å². The fraction of sp³-hybridized carbons (Fsp3) is 0.360. The lowest BCUT2D eigenvalue weighted by molar-refractivity contribution is -0.132. The minimum Gasteiger partial charge on any atom is -0.341 e. The molecular formula is C25H26N6O. The van der Waals surface area contributed by atoms with E-state index in [9.17, 15) is 4.79 Å². The van der Waals surface area contributed by atoms with Crippen molar-refractivity contribution in [1.29, 1.82) is 0 Å². The van der Waals surface area contributed by atoms with Crippen LogP contribution in [0.2, 0.25) is 0 Å². The maximum Gasteiger partial charge on any atom is 0.225 e. The van der Waals surface area contributed by atoms with Gasteiger partial charge in [0.25, 0.3) is 0 Å². The number of para-hydroxylation sites is 1. The molecule has 0 unspecified atom stereocenters. The highest BCUT2D eigenvalue weighted by Crippen LogP contribution is 2.32. The molecular weight excluding hydrogens is 400 g/mol. The quantitative estimate of drug-likeness (QED) is 0.500. The summed E-state index contributed by atoms with van der Waals surface area (Å²) in [5.74, 6) is 2.25. The maximum absolute atomic E-state index is 12.6. The van der Waals surface area contributed by atoms with Crippen molar-refractivity contribution >= 4 is 28.4 Å². The number of rotatable bonds is 3. The molecule has 0 atom stereocenters. The molecule has 162 valence electrons. The van der Waals surface area contributed by atoms with Gasteiger partial charge in [0.1, 0.15) is 0 Å². The molecule has 7 heteroatoms. The lowest BCUT2D eigenvalue weighted by Gasteiger charge is -2.24. The van der Waals surface area contributed by atoms with Gasteiger partial charge in [-0.15, -0.1) is 10.2 Å². The van der Waals surface area contributed by atoms with Crippen LogP contribution in [0, 0.1) is 12.8 Å². The van der Waals surface area contributed by atoms with Gasteiger partial charge in [0, 0.05) is 43.0 Å². The van der Waals surface area contributed by atoms with Gasteiger partial charge in [-0.1, -0.05) is 36.4 Å². The first-order valence-electron chi connectivity index (χ1n) is 11.4. The van der Waals surface area contributed by atoms with Crippen LogP contribution in [0.15, 0.2) is 48.5 Å². The molecule has 1 amide bonds. The van der Waals surface area contributed by atoms with E-state index >= 15 is 0 Å². The average molecular weight is 427 g/mol. The molecule has 0 bridgehead atoms. The lowest BCUT2D eigenvalue weighted by atomic mass is 10.1. The van der Waals surface area contributed by atoms with Gasteiger partial charge < -0.3 is 9.80 Å². The second-order valence-electron chi connectivity index (χ2n) is 8.87. The Bertz CT molecular complexity index is 1320. The fourth-order valence-corrected chi connectivity index (χ4v) is 4.70. The molecule has 32 heavy (non-hydrogen) atoms. The smallest absolute Gasteiger partial charge is 0.225 e. The van der Waals surface area contributed by atoms with Crippen molar-refractivity contribution in [1.82, 2.24) is 24.5 Å². The summed E-state index contributed by atoms with van der Waals surface area (Å²) in [5, 5.41) is 10.2. The van der Waals surface area contributed by atoms with E-state index in [4.69, 9.17) is 4.98 Å². The third-order valence-corrected chi connectivity index (χ3v) is 6.63. The largest absolute Gasteiger partial charge is 0.341 e. The van der Waals surface area contributed by atoms with Crippen LogP contribution in [0.3, 0.4) is 0 Å². The summed E-state index contributed by atoms with van der Waals surface area (Å²) in [6.07, 6.45) is 3.02. The number of nitrogens with zero attached hydrogens (tertiary/aromatic N) is 6. The second kappa shape index (κ2) is 7.58. The Morgan fingerprint density at radius 3 is 2.59 bits per heavy atom. The molecule has 0 spiro atoms. The first kappa shape index (κ1) is 19.2. The van der Waals surface area contributed by atoms with Crippen molar-refractivity contribution in [3.63, 3.8) is 0 Å². The Hall–Kier alpha value is -3.48. The number of fused-ring (bicyclic) bond motifs is 3. The highest BCUT2D eigenvalue weighted by Gasteiger charge is 2.34. The molecule has 6 rings (SSSR count). The Kier molecular flexibility index (Phi) is 4.56. The van der Waals surface area contributed by atoms with Gasteiger partial charge in [-0.25, -0.2) is 9.38 Å². The summed E-state index contributed by atoms with van der Waals surface area (Å²) in [6.45, 7) is 5.24. The van der Waals surface area contributed by atoms with E-state index in [1.807, 2.05) is 35.2 Å². The highest BCUT2D eigenvalue weighted by atomic mass is 16.2. The minimum atomic E-state index is 0.262. The zero-order chi connectivity index (χ0) is 21.7. The molecule has 1 aliphatic heterocycles. The topological polar surface area (TPSA) is 66.6 Å². The van der Waals surface area contributed by atoms with Gasteiger partial charge in [0.2, 0.25) is 11.9 Å². The number of aromatic nitrogens is 4. The van der Waals surface area contributed by atoms with E-state index in [0.717, 1.165) is 84.9 Å². The number of carbonyl (C=O) groups is 1. The summed E-state index contributed by atoms with van der Waals surface area (Å²) in [6, 6.07) is 16.4. The number of hydrogen-bond acceptors (Lipinski definition) is 5. The molecule has 0 N–H and O–H groups in total. The summed E-state index contributed by atoms with van der Waals surface area (Å²) < 4.78 is 2.10. The molecule has 2 aromatic carbocycles. The maximum atomic E-state index is 12.6. The van der Waals surface area contributed by atoms with E-state index in [2.05, 4.69) is 44.6 Å². The number of anilines is 1. The second-order valence-corrected chi connectivity index (χ2v) is 8.87. The first-order valence-corrected chi connectivity index (χ1v) is 11.4. The molecule has 3 heterocycles. The molecule has 4 aromatic rings. The number of benzene rings is 2. The van der Waals surface area contributed by atoms with Crippen LogP contribution >= 0.6 is 0 Å². The monoisotopic (exact) mass is 426 g/mol. The molecule has 0 radical (unpaired) electrons. The first-order chi connectivity index (χ1) is 15.7. The summed E-state index contributed by atoms with van der Waals surface area (Å²) in [4.78, 5) is 22.1. The van der Waals surface area contributed by atoms with Crippen molar-refractivity contribution < 1.29 is 4.79 Å². The molecule has 1 aliphatic carbocycles. The fourth-order valence-electron chi connectivity index (χ4n) is 4.70. The summed E-state index contributed by atoms with van der Waals surface area (Å²) in [5.41, 5.74) is 3.93. The van der Waals surface area contributed by atoms with E-state index in [-0.39, 0.29) is 5.92 Å². The Labute approximate surface area is 186 Å². The molecule has 1 saturated heterocycles. The van der Waals surface area contributed by atoms with Crippen molar-refractivity contribution in [2.24, 2.45) is 5.92 Å². The van der Waals surface area contributed by atoms with Crippen molar-refractivity contribution in [3.05, 3.63) is 54.1 Å². The van der Waals surface area contributed by atoms with E-state index in [1.165, 1.54) is 0 Å². The number of hydrogen-bond donors (Lipinski definition) is 0. The van der Waals surface area contributed by atoms with Crippen LogP contribution in [-0.4, -0.2) is 56.6 Å². The molecule has 1 saturated carbocycles. The predicted octanol–water partition coefficient (Wildman–Crippen LogP) is 3.70. The standard InChI is InChI=1S/C25H26N6O/c1-17-7-2-3-8-19(17)22-27-28-23-20-9-4-5-10-21(20)26-25(31(22)23)30-14-6-13-29(15-16-30)24(32)18-11-12-18/h2-5,7-10,18H,6,11-16H2,1H3. The SMILES string of the molecule is Cc1ccccc1-c1nnc2c3ccccc3nc(N3CCCN(C(=O)C4CC4)CC3)n12. The van der Waals surface area contributed by atoms with Gasteiger partial charge in [-0.2, -0.15) is 0 Å². The molecule has 2 aromatic heterocycles. The van der Waals surface area contributed by atoms with Gasteiger partial charge in [0.05, 0.1) is 5.52 Å². The minimum absolute atomic E-state index is 0.262. The summed E-state index contributed by atoms with van der Waals surface area (Å²) in [7, 11) is 0. The number of aryl methyl sites for hydroxylation is 1. The Balaban J connectivity index is 1.48. The lowest BCUT2D eigenvalue weighted by Crippen LogP contribution is -2.36. The van der Waals surface area contributed by atoms with Gasteiger partial charge in [-0.3, -0.25) is 4.79 Å². The van der Waals surface area contributed by atoms with Gasteiger partial charge in [0.15, 0.2) is 11.5 Å². The zero-order valence-corrected chi connectivity index (χ0v) is 18.2. The normalized spacial score (nSPS) is 17.2. The average Bonchev–Trinajstić information content (AvgIpc) is 3.61. The van der Waals surface area contributed by atoms with Crippen LogP contribution in [0.1, 0.15) is 24.8 Å². The third-order valence-electron chi connectivity index (χ3n) is 6.63. The number of amides is 1. The summed E-state index contributed by atoms with van der Waals surface area (Å²) >= 11 is 0. The predicted molar refractivity (Wildman–Crippen MR) is 125 cm³/mol. The van der Waals surface area contributed by atoms with Gasteiger partial charge in [-0.05, 0) is 43.9 Å². The van der Waals surface area contributed by atoms with Crippen LogP contribution in [0.4, 0.5) is 5.95 Å². The van der Waals surface area contributed by atoms with E-state index < -0.39 is 0 Å². The van der Waals surface area contributed by atoms with Gasteiger partial charge >= 0.3 is 0 Å². The Morgan fingerprint density at radius 2 is 1.75 bits per heavy atom. The van der Waals surface area contributed by atoms with Crippen LogP contribution in [0.25, 0.3) is 27.9 Å². The third kappa shape index (κ3) is 3.20. The van der Waals surface area contributed by atoms with Crippen LogP contribution in [0.5, 0.6) is 0 Å². The molecule has 2 fully saturated rings. The van der Waals surface area contributed by atoms with Crippen molar-refractivity contribution in [2.75, 3.05) is 31.1 Å². The molecule has 7 nitrogen and oxygen atoms in total. The van der Waals surface area contributed by atoms with E-state index in [1.54, 1.807) is 0 Å². The van der Waals surface area contributed by atoms with E-state index in [0.29, 0.717) is 5.91 Å². The van der Waals surface area contributed by atoms with Crippen LogP contribution in [-0.2, 0) is 4.79 Å². The zero-order valence-electron chi connectivity index (χ0n) is 18.2. The molecule has 2 aliphatic rings. The Morgan fingerprint density at radius 1 is 0.938 bits per heavy atom. The van der Waals surface area contributed by atoms with Crippen molar-refractivity contribution in [3.8, 4) is 11.4 Å². The van der Waals surface area contributed by atoms with Crippen molar-refractivity contribution in [2.45, 2.75) is 26.2 Å². The number of carbonyl (C=O) groups excluding carboxylic acids is 1. The highest BCUT2D eigenvalue weighted by molar-refractivity contribution is 5.93.